The topological polar surface area (TPSA) is 68.3 Å². The number of nitrogens with one attached hydrogen (secondary N) is 1. The second-order valence-electron chi connectivity index (χ2n) is 5.18. The van der Waals surface area contributed by atoms with E-state index in [0.29, 0.717) is 10.0 Å². The summed E-state index contributed by atoms with van der Waals surface area (Å²) >= 11 is 1.15. The molecule has 6 heteroatoms. The molecule has 0 fully saturated rings. The molecule has 0 saturated heterocycles. The summed E-state index contributed by atoms with van der Waals surface area (Å²) in [4.78, 5) is 27.7. The van der Waals surface area contributed by atoms with Crippen LogP contribution < -0.4 is 5.32 Å². The quantitative estimate of drug-likeness (QED) is 0.855. The number of ether oxygens (including phenoxy) is 1. The molecule has 1 heterocycles. The van der Waals surface area contributed by atoms with Gasteiger partial charge >= 0.3 is 6.09 Å². The molecule has 1 rings (SSSR count). The van der Waals surface area contributed by atoms with E-state index in [1.165, 1.54) is 6.20 Å². The molecule has 1 aromatic heterocycles. The lowest BCUT2D eigenvalue weighted by Crippen LogP contribution is -2.27. The van der Waals surface area contributed by atoms with Crippen LogP contribution in [0.15, 0.2) is 6.20 Å². The molecule has 0 unspecified atom stereocenters. The van der Waals surface area contributed by atoms with Crippen LogP contribution in [-0.4, -0.2) is 22.5 Å². The lowest BCUT2D eigenvalue weighted by molar-refractivity contribution is 0.0635. The Balaban J connectivity index is 2.65. The van der Waals surface area contributed by atoms with E-state index < -0.39 is 11.7 Å². The van der Waals surface area contributed by atoms with E-state index in [0.717, 1.165) is 11.3 Å². The maximum atomic E-state index is 11.7. The van der Waals surface area contributed by atoms with Gasteiger partial charge in [-0.1, -0.05) is 25.2 Å². The van der Waals surface area contributed by atoms with Crippen LogP contribution in [0.4, 0.5) is 9.93 Å². The zero-order valence-electron chi connectivity index (χ0n) is 11.2. The lowest BCUT2D eigenvalue weighted by Gasteiger charge is -2.18. The number of anilines is 1. The minimum atomic E-state index is -0.569. The Morgan fingerprint density at radius 2 is 2.00 bits per heavy atom. The standard InChI is InChI=1S/C12H18N2O3S/c1-7(2)9(15)8-6-13-10(18-8)14-11(16)17-12(3,4)5/h6-7H,1-5H3,(H,13,14,16). The Hall–Kier alpha value is -1.43. The minimum absolute atomic E-state index is 0.0183. The molecule has 0 atom stereocenters. The largest absolute Gasteiger partial charge is 0.444 e. The molecule has 18 heavy (non-hydrogen) atoms. The van der Waals surface area contributed by atoms with Gasteiger partial charge in [-0.2, -0.15) is 0 Å². The highest BCUT2D eigenvalue weighted by atomic mass is 32.1. The third kappa shape index (κ3) is 4.44. The zero-order valence-corrected chi connectivity index (χ0v) is 12.1. The molecule has 0 radical (unpaired) electrons. The first kappa shape index (κ1) is 14.6. The van der Waals surface area contributed by atoms with Gasteiger partial charge in [-0.15, -0.1) is 0 Å². The average molecular weight is 270 g/mol. The molecule has 0 saturated carbocycles. The van der Waals surface area contributed by atoms with E-state index in [4.69, 9.17) is 4.74 Å². The number of aromatic nitrogens is 1. The van der Waals surface area contributed by atoms with Crippen molar-refractivity contribution in [2.24, 2.45) is 5.92 Å². The van der Waals surface area contributed by atoms with E-state index in [1.807, 2.05) is 13.8 Å². The molecule has 0 aromatic carbocycles. The Labute approximate surface area is 111 Å². The normalized spacial score (nSPS) is 11.4. The second kappa shape index (κ2) is 5.48. The summed E-state index contributed by atoms with van der Waals surface area (Å²) in [6, 6.07) is 0. The second-order valence-corrected chi connectivity index (χ2v) is 6.21. The van der Waals surface area contributed by atoms with Crippen molar-refractivity contribution in [3.8, 4) is 0 Å². The van der Waals surface area contributed by atoms with Crippen molar-refractivity contribution >= 4 is 28.3 Å². The zero-order chi connectivity index (χ0) is 13.9. The molecule has 1 N–H and O–H groups in total. The fourth-order valence-electron chi connectivity index (χ4n) is 1.12. The molecular formula is C12H18N2O3S. The molecule has 5 nitrogen and oxygen atoms in total. The first-order valence-corrected chi connectivity index (χ1v) is 6.51. The van der Waals surface area contributed by atoms with Crippen LogP contribution in [0, 0.1) is 5.92 Å². The van der Waals surface area contributed by atoms with Gasteiger partial charge in [0.15, 0.2) is 10.9 Å². The molecule has 0 aliphatic carbocycles. The van der Waals surface area contributed by atoms with Crippen LogP contribution in [0.1, 0.15) is 44.3 Å². The highest BCUT2D eigenvalue weighted by Crippen LogP contribution is 2.21. The SMILES string of the molecule is CC(C)C(=O)c1cnc(NC(=O)OC(C)(C)C)s1. The monoisotopic (exact) mass is 270 g/mol. The predicted octanol–water partition coefficient (Wildman–Crippen LogP) is 3.33. The third-order valence-corrected chi connectivity index (χ3v) is 2.81. The van der Waals surface area contributed by atoms with Gasteiger partial charge in [0, 0.05) is 5.92 Å². The lowest BCUT2D eigenvalue weighted by atomic mass is 10.1. The number of Topliss-reactive ketones (excluding diaryl/α,β-unsaturated/α-hetero) is 1. The molecule has 1 aromatic rings. The molecular weight excluding hydrogens is 252 g/mol. The number of ketones is 1. The van der Waals surface area contributed by atoms with Crippen LogP contribution in [-0.2, 0) is 4.74 Å². The molecule has 100 valence electrons. The van der Waals surface area contributed by atoms with E-state index >= 15 is 0 Å². The number of carbonyl (C=O) groups is 2. The molecule has 0 aliphatic heterocycles. The molecule has 0 aliphatic rings. The first-order valence-electron chi connectivity index (χ1n) is 5.69. The van der Waals surface area contributed by atoms with Crippen molar-refractivity contribution in [1.82, 2.24) is 4.98 Å². The van der Waals surface area contributed by atoms with Crippen LogP contribution in [0.2, 0.25) is 0 Å². The smallest absolute Gasteiger partial charge is 0.413 e. The maximum Gasteiger partial charge on any atom is 0.413 e. The fraction of sp³-hybridized carbons (Fsp3) is 0.583. The summed E-state index contributed by atoms with van der Waals surface area (Å²) in [5, 5.41) is 2.88. The number of hydrogen-bond donors (Lipinski definition) is 1. The summed E-state index contributed by atoms with van der Waals surface area (Å²) in [5.41, 5.74) is -0.558. The Morgan fingerprint density at radius 3 is 2.50 bits per heavy atom. The van der Waals surface area contributed by atoms with Crippen molar-refractivity contribution < 1.29 is 14.3 Å². The van der Waals surface area contributed by atoms with Gasteiger partial charge in [0.1, 0.15) is 5.60 Å². The van der Waals surface area contributed by atoms with Crippen LogP contribution in [0.3, 0.4) is 0 Å². The van der Waals surface area contributed by atoms with Crippen molar-refractivity contribution in [3.63, 3.8) is 0 Å². The number of nitrogens with zero attached hydrogens (tertiary/aromatic N) is 1. The van der Waals surface area contributed by atoms with Gasteiger partial charge < -0.3 is 4.74 Å². The van der Waals surface area contributed by atoms with E-state index in [1.54, 1.807) is 20.8 Å². The minimum Gasteiger partial charge on any atom is -0.444 e. The first-order chi connectivity index (χ1) is 8.19. The van der Waals surface area contributed by atoms with Crippen LogP contribution in [0.25, 0.3) is 0 Å². The summed E-state index contributed by atoms with van der Waals surface area (Å²) in [6.45, 7) is 8.98. The summed E-state index contributed by atoms with van der Waals surface area (Å²) in [7, 11) is 0. The van der Waals surface area contributed by atoms with Crippen molar-refractivity contribution in [3.05, 3.63) is 11.1 Å². The molecule has 1 amide bonds. The number of rotatable bonds is 3. The van der Waals surface area contributed by atoms with Gasteiger partial charge in [0.25, 0.3) is 0 Å². The van der Waals surface area contributed by atoms with Gasteiger partial charge in [-0.3, -0.25) is 10.1 Å². The molecule has 0 spiro atoms. The number of thiazole rings is 1. The fourth-order valence-corrected chi connectivity index (χ4v) is 2.01. The molecule has 0 bridgehead atoms. The summed E-state index contributed by atoms with van der Waals surface area (Å²) < 4.78 is 5.09. The van der Waals surface area contributed by atoms with Gasteiger partial charge in [-0.05, 0) is 20.8 Å². The Bertz CT molecular complexity index is 446. The predicted molar refractivity (Wildman–Crippen MR) is 71.1 cm³/mol. The van der Waals surface area contributed by atoms with Crippen molar-refractivity contribution in [2.75, 3.05) is 5.32 Å². The van der Waals surface area contributed by atoms with Crippen LogP contribution in [0.5, 0.6) is 0 Å². The van der Waals surface area contributed by atoms with Gasteiger partial charge in [0.2, 0.25) is 0 Å². The van der Waals surface area contributed by atoms with Gasteiger partial charge in [0.05, 0.1) is 11.1 Å². The van der Waals surface area contributed by atoms with E-state index in [-0.39, 0.29) is 11.7 Å². The van der Waals surface area contributed by atoms with Crippen LogP contribution >= 0.6 is 11.3 Å². The number of amides is 1. The average Bonchev–Trinajstić information content (AvgIpc) is 2.61. The van der Waals surface area contributed by atoms with Crippen molar-refractivity contribution in [1.29, 1.82) is 0 Å². The number of carbonyl (C=O) groups excluding carboxylic acids is 2. The maximum absolute atomic E-state index is 11.7. The van der Waals surface area contributed by atoms with Crippen molar-refractivity contribution in [2.45, 2.75) is 40.2 Å². The number of hydrogen-bond acceptors (Lipinski definition) is 5. The summed E-state index contributed by atoms with van der Waals surface area (Å²) in [6.07, 6.45) is 0.903. The van der Waals surface area contributed by atoms with E-state index in [2.05, 4.69) is 10.3 Å². The van der Waals surface area contributed by atoms with E-state index in [9.17, 15) is 9.59 Å². The Morgan fingerprint density at radius 1 is 1.39 bits per heavy atom. The third-order valence-electron chi connectivity index (χ3n) is 1.88. The highest BCUT2D eigenvalue weighted by molar-refractivity contribution is 7.17. The summed E-state index contributed by atoms with van der Waals surface area (Å²) in [5.74, 6) is -0.0652. The Kier molecular flexibility index (Phi) is 4.45. The highest BCUT2D eigenvalue weighted by Gasteiger charge is 2.19. The van der Waals surface area contributed by atoms with Gasteiger partial charge in [-0.25, -0.2) is 9.78 Å².